The molecule has 2 rings (SSSR count). The van der Waals surface area contributed by atoms with E-state index in [1.54, 1.807) is 0 Å². The lowest BCUT2D eigenvalue weighted by Crippen LogP contribution is -1.98. The molecule has 1 aliphatic rings. The summed E-state index contributed by atoms with van der Waals surface area (Å²) in [6.45, 7) is 4.34. The molecule has 0 heterocycles. The van der Waals surface area contributed by atoms with Crippen LogP contribution in [0.2, 0.25) is 5.02 Å². The largest absolute Gasteiger partial charge is 0.489 e. The highest BCUT2D eigenvalue weighted by Crippen LogP contribution is 2.33. The standard InChI is InChI=1S/C12H15ClO/c1-8(2)9-3-6-11(13)12(7-9)14-10-4-5-10/h3,6-8,10H,4-5H2,1-2H3. The highest BCUT2D eigenvalue weighted by atomic mass is 35.5. The molecule has 0 aromatic heterocycles. The number of benzene rings is 1. The van der Waals surface area contributed by atoms with Gasteiger partial charge in [-0.15, -0.1) is 0 Å². The van der Waals surface area contributed by atoms with Crippen molar-refractivity contribution in [3.8, 4) is 5.75 Å². The van der Waals surface area contributed by atoms with Gasteiger partial charge >= 0.3 is 0 Å². The summed E-state index contributed by atoms with van der Waals surface area (Å²) in [5.74, 6) is 1.37. The van der Waals surface area contributed by atoms with Crippen LogP contribution in [-0.2, 0) is 0 Å². The first-order valence-electron chi connectivity index (χ1n) is 5.13. The Bertz CT molecular complexity index is 329. The third kappa shape index (κ3) is 2.21. The highest BCUT2D eigenvalue weighted by Gasteiger charge is 2.24. The second kappa shape index (κ2) is 3.82. The van der Waals surface area contributed by atoms with E-state index >= 15 is 0 Å². The fourth-order valence-corrected chi connectivity index (χ4v) is 1.50. The van der Waals surface area contributed by atoms with Crippen LogP contribution in [-0.4, -0.2) is 6.10 Å². The lowest BCUT2D eigenvalue weighted by Gasteiger charge is -2.10. The molecule has 0 spiro atoms. The second-order valence-electron chi connectivity index (χ2n) is 4.16. The number of hydrogen-bond donors (Lipinski definition) is 0. The molecule has 1 aromatic rings. The minimum Gasteiger partial charge on any atom is -0.489 e. The molecule has 14 heavy (non-hydrogen) atoms. The molecule has 1 nitrogen and oxygen atoms in total. The smallest absolute Gasteiger partial charge is 0.138 e. The van der Waals surface area contributed by atoms with E-state index < -0.39 is 0 Å². The molecule has 0 bridgehead atoms. The van der Waals surface area contributed by atoms with Gasteiger partial charge in [0, 0.05) is 0 Å². The van der Waals surface area contributed by atoms with Crippen molar-refractivity contribution < 1.29 is 4.74 Å². The molecule has 0 N–H and O–H groups in total. The van der Waals surface area contributed by atoms with Gasteiger partial charge in [-0.2, -0.15) is 0 Å². The van der Waals surface area contributed by atoms with Crippen LogP contribution in [0.5, 0.6) is 5.75 Å². The summed E-state index contributed by atoms with van der Waals surface area (Å²) in [5, 5.41) is 0.723. The fourth-order valence-electron chi connectivity index (χ4n) is 1.33. The first-order chi connectivity index (χ1) is 6.66. The summed E-state index contributed by atoms with van der Waals surface area (Å²) in [5.41, 5.74) is 1.28. The molecule has 1 aliphatic carbocycles. The van der Waals surface area contributed by atoms with Gasteiger partial charge in [-0.3, -0.25) is 0 Å². The van der Waals surface area contributed by atoms with Crippen LogP contribution in [0.4, 0.5) is 0 Å². The number of hydrogen-bond acceptors (Lipinski definition) is 1. The van der Waals surface area contributed by atoms with Crippen molar-refractivity contribution >= 4 is 11.6 Å². The van der Waals surface area contributed by atoms with E-state index in [0.29, 0.717) is 12.0 Å². The van der Waals surface area contributed by atoms with Crippen LogP contribution < -0.4 is 4.74 Å². The van der Waals surface area contributed by atoms with E-state index in [1.165, 1.54) is 18.4 Å². The summed E-state index contributed by atoms with van der Waals surface area (Å²) < 4.78 is 5.71. The Morgan fingerprint density at radius 1 is 1.36 bits per heavy atom. The molecule has 0 saturated heterocycles. The average molecular weight is 211 g/mol. The van der Waals surface area contributed by atoms with E-state index in [9.17, 15) is 0 Å². The Morgan fingerprint density at radius 2 is 2.07 bits per heavy atom. The lowest BCUT2D eigenvalue weighted by atomic mass is 10.0. The molecule has 76 valence electrons. The molecular formula is C12H15ClO. The van der Waals surface area contributed by atoms with Gasteiger partial charge in [0.1, 0.15) is 5.75 Å². The minimum absolute atomic E-state index is 0.412. The van der Waals surface area contributed by atoms with Crippen molar-refractivity contribution in [1.82, 2.24) is 0 Å². The molecule has 0 amide bonds. The Balaban J connectivity index is 2.21. The average Bonchev–Trinajstić information content (AvgIpc) is 2.92. The third-order valence-corrected chi connectivity index (χ3v) is 2.75. The van der Waals surface area contributed by atoms with Gasteiger partial charge in [0.25, 0.3) is 0 Å². The van der Waals surface area contributed by atoms with Crippen LogP contribution in [0.15, 0.2) is 18.2 Å². The maximum absolute atomic E-state index is 6.05. The minimum atomic E-state index is 0.412. The van der Waals surface area contributed by atoms with Gasteiger partial charge in [0.15, 0.2) is 0 Å². The van der Waals surface area contributed by atoms with Crippen molar-refractivity contribution in [2.24, 2.45) is 0 Å². The number of halogens is 1. The van der Waals surface area contributed by atoms with E-state index in [4.69, 9.17) is 16.3 Å². The fraction of sp³-hybridized carbons (Fsp3) is 0.500. The van der Waals surface area contributed by atoms with Gasteiger partial charge in [0.2, 0.25) is 0 Å². The third-order valence-electron chi connectivity index (χ3n) is 2.44. The maximum atomic E-state index is 6.05. The molecule has 0 aliphatic heterocycles. The summed E-state index contributed by atoms with van der Waals surface area (Å²) in [4.78, 5) is 0. The predicted octanol–water partition coefficient (Wildman–Crippen LogP) is 4.00. The number of ether oxygens (including phenoxy) is 1. The van der Waals surface area contributed by atoms with Crippen molar-refractivity contribution in [2.75, 3.05) is 0 Å². The van der Waals surface area contributed by atoms with Crippen LogP contribution in [0.1, 0.15) is 38.2 Å². The SMILES string of the molecule is CC(C)c1ccc(Cl)c(OC2CC2)c1. The predicted molar refractivity (Wildman–Crippen MR) is 59.2 cm³/mol. The Morgan fingerprint density at radius 3 is 2.64 bits per heavy atom. The van der Waals surface area contributed by atoms with Crippen molar-refractivity contribution in [2.45, 2.75) is 38.7 Å². The first kappa shape index (κ1) is 9.85. The molecule has 0 radical (unpaired) electrons. The topological polar surface area (TPSA) is 9.23 Å². The van der Waals surface area contributed by atoms with Crippen LogP contribution in [0.3, 0.4) is 0 Å². The Kier molecular flexibility index (Phi) is 2.69. The summed E-state index contributed by atoms with van der Waals surface area (Å²) >= 11 is 6.05. The highest BCUT2D eigenvalue weighted by molar-refractivity contribution is 6.32. The molecule has 1 fully saturated rings. The maximum Gasteiger partial charge on any atom is 0.138 e. The quantitative estimate of drug-likeness (QED) is 0.733. The van der Waals surface area contributed by atoms with E-state index in [-0.39, 0.29) is 0 Å². The lowest BCUT2D eigenvalue weighted by molar-refractivity contribution is 0.303. The van der Waals surface area contributed by atoms with Crippen molar-refractivity contribution in [1.29, 1.82) is 0 Å². The Hall–Kier alpha value is -0.690. The van der Waals surface area contributed by atoms with E-state index in [0.717, 1.165) is 10.8 Å². The van der Waals surface area contributed by atoms with Crippen molar-refractivity contribution in [3.63, 3.8) is 0 Å². The number of rotatable bonds is 3. The molecule has 2 heteroatoms. The monoisotopic (exact) mass is 210 g/mol. The van der Waals surface area contributed by atoms with Gasteiger partial charge in [0.05, 0.1) is 11.1 Å². The summed E-state index contributed by atoms with van der Waals surface area (Å²) in [7, 11) is 0. The van der Waals surface area contributed by atoms with Crippen LogP contribution in [0.25, 0.3) is 0 Å². The van der Waals surface area contributed by atoms with E-state index in [1.807, 2.05) is 6.07 Å². The van der Waals surface area contributed by atoms with Gasteiger partial charge < -0.3 is 4.74 Å². The first-order valence-corrected chi connectivity index (χ1v) is 5.50. The van der Waals surface area contributed by atoms with Crippen LogP contribution in [0, 0.1) is 0 Å². The molecule has 1 saturated carbocycles. The molecule has 0 unspecified atom stereocenters. The van der Waals surface area contributed by atoms with E-state index in [2.05, 4.69) is 26.0 Å². The van der Waals surface area contributed by atoms with Crippen LogP contribution >= 0.6 is 11.6 Å². The molecular weight excluding hydrogens is 196 g/mol. The van der Waals surface area contributed by atoms with Crippen molar-refractivity contribution in [3.05, 3.63) is 28.8 Å². The second-order valence-corrected chi connectivity index (χ2v) is 4.57. The molecule has 1 aromatic carbocycles. The zero-order chi connectivity index (χ0) is 10.1. The zero-order valence-corrected chi connectivity index (χ0v) is 9.34. The zero-order valence-electron chi connectivity index (χ0n) is 8.59. The van der Waals surface area contributed by atoms with Gasteiger partial charge in [-0.1, -0.05) is 31.5 Å². The Labute approximate surface area is 90.0 Å². The van der Waals surface area contributed by atoms with Gasteiger partial charge in [-0.25, -0.2) is 0 Å². The normalized spacial score (nSPS) is 16.0. The summed E-state index contributed by atoms with van der Waals surface area (Å²) in [6, 6.07) is 6.05. The van der Waals surface area contributed by atoms with Gasteiger partial charge in [-0.05, 0) is 36.5 Å². The summed E-state index contributed by atoms with van der Waals surface area (Å²) in [6.07, 6.45) is 2.75. The molecule has 0 atom stereocenters.